The van der Waals surface area contributed by atoms with Gasteiger partial charge in [0.1, 0.15) is 18.1 Å². The molecule has 1 N–H and O–H groups in total. The van der Waals surface area contributed by atoms with E-state index in [1.165, 1.54) is 36.4 Å². The van der Waals surface area contributed by atoms with Gasteiger partial charge < -0.3 is 19.5 Å². The molecule has 2 aromatic rings. The van der Waals surface area contributed by atoms with Crippen LogP contribution in [0.5, 0.6) is 0 Å². The lowest BCUT2D eigenvalue weighted by atomic mass is 9.80. The summed E-state index contributed by atoms with van der Waals surface area (Å²) in [6.07, 6.45) is 1.32. The number of dihydropyridines is 1. The zero-order valence-corrected chi connectivity index (χ0v) is 24.2. The quantitative estimate of drug-likeness (QED) is 0.251. The topological polar surface area (TPSA) is 171 Å². The van der Waals surface area contributed by atoms with Gasteiger partial charge in [0.05, 0.1) is 40.2 Å². The smallest absolute Gasteiger partial charge is 0.336 e. The second kappa shape index (κ2) is 12.0. The number of nitro groups is 1. The third-order valence-electron chi connectivity index (χ3n) is 7.48. The molecule has 1 amide bonds. The van der Waals surface area contributed by atoms with Crippen molar-refractivity contribution in [2.75, 3.05) is 26.4 Å². The highest BCUT2D eigenvalue weighted by Crippen LogP contribution is 2.40. The lowest BCUT2D eigenvalue weighted by Gasteiger charge is -2.30. The van der Waals surface area contributed by atoms with Crippen molar-refractivity contribution in [2.24, 2.45) is 0 Å². The van der Waals surface area contributed by atoms with E-state index in [0.717, 1.165) is 12.8 Å². The number of allylic oxidation sites excluding steroid dienone is 2. The number of hydrogen-bond donors (Lipinski definition) is 1. The van der Waals surface area contributed by atoms with Crippen LogP contribution in [0, 0.1) is 10.1 Å². The number of fused-ring (bicyclic) bond motifs is 1. The molecule has 3 aliphatic rings. The number of sulfonamides is 1. The molecule has 13 nitrogen and oxygen atoms in total. The molecular weight excluding hydrogens is 582 g/mol. The van der Waals surface area contributed by atoms with Crippen LogP contribution in [-0.2, 0) is 33.8 Å². The van der Waals surface area contributed by atoms with Crippen LogP contribution < -0.4 is 5.32 Å². The molecular formula is C29H29N3O10S. The molecule has 2 atom stereocenters. The predicted molar refractivity (Wildman–Crippen MR) is 150 cm³/mol. The largest absolute Gasteiger partial charge is 0.460 e. The van der Waals surface area contributed by atoms with Gasteiger partial charge in [-0.1, -0.05) is 24.3 Å². The number of non-ortho nitro benzene ring substituents is 1. The normalized spacial score (nSPS) is 21.0. The van der Waals surface area contributed by atoms with Gasteiger partial charge in [-0.25, -0.2) is 22.3 Å². The van der Waals surface area contributed by atoms with Crippen molar-refractivity contribution >= 4 is 33.6 Å². The number of nitrogens with zero attached hydrogens (tertiary/aromatic N) is 2. The second-order valence-electron chi connectivity index (χ2n) is 10.2. The lowest BCUT2D eigenvalue weighted by Crippen LogP contribution is -2.35. The third kappa shape index (κ3) is 5.75. The van der Waals surface area contributed by atoms with Crippen molar-refractivity contribution in [3.05, 3.63) is 92.3 Å². The summed E-state index contributed by atoms with van der Waals surface area (Å²) in [6.45, 7) is 2.87. The zero-order valence-electron chi connectivity index (χ0n) is 23.4. The van der Waals surface area contributed by atoms with E-state index >= 15 is 0 Å². The van der Waals surface area contributed by atoms with Gasteiger partial charge in [-0.15, -0.1) is 0 Å². The fourth-order valence-electron chi connectivity index (χ4n) is 5.46. The van der Waals surface area contributed by atoms with E-state index in [0.29, 0.717) is 22.3 Å². The van der Waals surface area contributed by atoms with Crippen LogP contribution in [0.2, 0.25) is 0 Å². The highest BCUT2D eigenvalue weighted by Gasteiger charge is 2.42. The predicted octanol–water partition coefficient (Wildman–Crippen LogP) is 2.94. The molecule has 1 saturated heterocycles. The highest BCUT2D eigenvalue weighted by atomic mass is 32.2. The van der Waals surface area contributed by atoms with Gasteiger partial charge >= 0.3 is 11.9 Å². The molecule has 1 fully saturated rings. The van der Waals surface area contributed by atoms with E-state index in [4.69, 9.17) is 14.2 Å². The fourth-order valence-corrected chi connectivity index (χ4v) is 7.01. The number of nitrogens with one attached hydrogen (secondary N) is 1. The first-order valence-electron chi connectivity index (χ1n) is 13.6. The monoisotopic (exact) mass is 611 g/mol. The Morgan fingerprint density at radius 1 is 1.07 bits per heavy atom. The first kappa shape index (κ1) is 29.9. The molecule has 14 heteroatoms. The molecule has 3 heterocycles. The number of nitro benzene ring substituents is 1. The molecule has 0 spiro atoms. The lowest BCUT2D eigenvalue weighted by molar-refractivity contribution is -0.384. The number of amides is 1. The Morgan fingerprint density at radius 3 is 2.42 bits per heavy atom. The molecule has 2 aromatic carbocycles. The van der Waals surface area contributed by atoms with Crippen LogP contribution in [0.15, 0.2) is 76.0 Å². The fraction of sp³-hybridized carbons (Fsp3) is 0.345. The van der Waals surface area contributed by atoms with Crippen molar-refractivity contribution in [3.8, 4) is 0 Å². The Labute approximate surface area is 247 Å². The number of rotatable bonds is 9. The zero-order chi connectivity index (χ0) is 30.9. The SMILES string of the molecule is CC1=C(C(=O)OCCN2C(=O)c3ccccc3S2(=O)=O)C(c2cccc([N+](=O)[O-])c2)C(C(=O)OCC2CCCO2)=C(C)N1. The number of esters is 2. The van der Waals surface area contributed by atoms with Crippen LogP contribution in [0.4, 0.5) is 5.69 Å². The van der Waals surface area contributed by atoms with Gasteiger partial charge in [-0.3, -0.25) is 14.9 Å². The maximum absolute atomic E-state index is 13.6. The minimum Gasteiger partial charge on any atom is -0.460 e. The standard InChI is InChI=1S/C29H29N3O10S/c1-17-24(28(34)41-14-12-31-27(33)22-10-3-4-11-23(22)43(31,38)39)26(19-7-5-8-20(15-19)32(36)37)25(18(2)30-17)29(35)42-16-21-9-6-13-40-21/h3-5,7-8,10-11,15,21,26,30H,6,9,12-14,16H2,1-2H3. The van der Waals surface area contributed by atoms with Crippen molar-refractivity contribution in [1.29, 1.82) is 0 Å². The number of benzene rings is 2. The molecule has 0 saturated carbocycles. The number of hydrogen-bond acceptors (Lipinski definition) is 11. The highest BCUT2D eigenvalue weighted by molar-refractivity contribution is 7.90. The maximum atomic E-state index is 13.6. The Hall–Kier alpha value is -4.56. The minimum absolute atomic E-state index is 0.000469. The van der Waals surface area contributed by atoms with Crippen molar-refractivity contribution in [3.63, 3.8) is 0 Å². The molecule has 0 aromatic heterocycles. The van der Waals surface area contributed by atoms with E-state index in [-0.39, 0.29) is 45.6 Å². The first-order valence-corrected chi connectivity index (χ1v) is 15.0. The average Bonchev–Trinajstić information content (AvgIpc) is 3.57. The van der Waals surface area contributed by atoms with Gasteiger partial charge in [-0.2, -0.15) is 0 Å². The maximum Gasteiger partial charge on any atom is 0.336 e. The average molecular weight is 612 g/mol. The summed E-state index contributed by atoms with van der Waals surface area (Å²) in [5, 5.41) is 14.6. The summed E-state index contributed by atoms with van der Waals surface area (Å²) in [4.78, 5) is 50.6. The van der Waals surface area contributed by atoms with E-state index in [1.807, 2.05) is 0 Å². The Bertz CT molecular complexity index is 1670. The van der Waals surface area contributed by atoms with Gasteiger partial charge in [-0.05, 0) is 44.4 Å². The van der Waals surface area contributed by atoms with Crippen molar-refractivity contribution in [1.82, 2.24) is 9.62 Å². The van der Waals surface area contributed by atoms with Crippen LogP contribution in [0.25, 0.3) is 0 Å². The first-order chi connectivity index (χ1) is 20.5. The van der Waals surface area contributed by atoms with E-state index < -0.39 is 51.9 Å². The molecule has 43 heavy (non-hydrogen) atoms. The molecule has 0 bridgehead atoms. The van der Waals surface area contributed by atoms with Crippen molar-refractivity contribution in [2.45, 2.75) is 43.6 Å². The molecule has 2 unspecified atom stereocenters. The van der Waals surface area contributed by atoms with Crippen LogP contribution >= 0.6 is 0 Å². The minimum atomic E-state index is -4.11. The molecule has 0 aliphatic carbocycles. The molecule has 0 radical (unpaired) electrons. The summed E-state index contributed by atoms with van der Waals surface area (Å²) >= 11 is 0. The second-order valence-corrected chi connectivity index (χ2v) is 12.1. The summed E-state index contributed by atoms with van der Waals surface area (Å²) in [5.41, 5.74) is 0.808. The molecule has 5 rings (SSSR count). The number of carbonyl (C=O) groups is 3. The Kier molecular flexibility index (Phi) is 8.33. The summed E-state index contributed by atoms with van der Waals surface area (Å²) < 4.78 is 43.0. The van der Waals surface area contributed by atoms with Crippen LogP contribution in [0.3, 0.4) is 0 Å². The van der Waals surface area contributed by atoms with Gasteiger partial charge in [0, 0.05) is 30.1 Å². The Balaban J connectivity index is 1.40. The van der Waals surface area contributed by atoms with Crippen LogP contribution in [0.1, 0.15) is 48.5 Å². The number of carbonyl (C=O) groups excluding carboxylic acids is 3. The van der Waals surface area contributed by atoms with E-state index in [9.17, 15) is 32.9 Å². The van der Waals surface area contributed by atoms with Gasteiger partial charge in [0.15, 0.2) is 0 Å². The van der Waals surface area contributed by atoms with E-state index in [1.54, 1.807) is 26.0 Å². The number of ether oxygens (including phenoxy) is 3. The van der Waals surface area contributed by atoms with Gasteiger partial charge in [0.2, 0.25) is 0 Å². The van der Waals surface area contributed by atoms with Gasteiger partial charge in [0.25, 0.3) is 21.6 Å². The summed E-state index contributed by atoms with van der Waals surface area (Å²) in [5.74, 6) is -3.47. The molecule has 3 aliphatic heterocycles. The third-order valence-corrected chi connectivity index (χ3v) is 9.32. The molecule has 226 valence electrons. The summed E-state index contributed by atoms with van der Waals surface area (Å²) in [7, 11) is -4.11. The Morgan fingerprint density at radius 2 is 1.77 bits per heavy atom. The van der Waals surface area contributed by atoms with Crippen LogP contribution in [-0.4, -0.2) is 68.0 Å². The van der Waals surface area contributed by atoms with Crippen molar-refractivity contribution < 1.29 is 41.9 Å². The summed E-state index contributed by atoms with van der Waals surface area (Å²) in [6, 6.07) is 11.3. The van der Waals surface area contributed by atoms with E-state index in [2.05, 4.69) is 5.32 Å².